The third-order valence-electron chi connectivity index (χ3n) is 4.56. The molecule has 2 aromatic rings. The smallest absolute Gasteiger partial charge is 0.280 e. The van der Waals surface area contributed by atoms with E-state index in [0.29, 0.717) is 5.01 Å². The Morgan fingerprint density at radius 3 is 2.95 bits per heavy atom. The van der Waals surface area contributed by atoms with E-state index in [2.05, 4.69) is 15.2 Å². The molecule has 2 saturated heterocycles. The van der Waals surface area contributed by atoms with Gasteiger partial charge in [0.25, 0.3) is 5.91 Å². The Hall–Kier alpha value is -1.72. The van der Waals surface area contributed by atoms with Crippen LogP contribution < -0.4 is 5.32 Å². The molecule has 1 aromatic carbocycles. The number of carbonyl (C=O) groups is 1. The van der Waals surface area contributed by atoms with Crippen LogP contribution in [-0.4, -0.2) is 41.5 Å². The summed E-state index contributed by atoms with van der Waals surface area (Å²) in [7, 11) is 0. The van der Waals surface area contributed by atoms with Crippen molar-refractivity contribution in [3.05, 3.63) is 41.5 Å². The van der Waals surface area contributed by atoms with Gasteiger partial charge in [0.2, 0.25) is 0 Å². The molecule has 1 N–H and O–H groups in total. The number of carbonyl (C=O) groups excluding carboxylic acids is 1. The number of nitrogens with zero attached hydrogens (tertiary/aromatic N) is 2. The van der Waals surface area contributed by atoms with E-state index in [4.69, 9.17) is 0 Å². The summed E-state index contributed by atoms with van der Waals surface area (Å²) in [4.78, 5) is 20.2. The van der Waals surface area contributed by atoms with Gasteiger partial charge in [-0.1, -0.05) is 30.3 Å². The summed E-state index contributed by atoms with van der Waals surface area (Å²) in [6.45, 7) is 3.38. The van der Waals surface area contributed by atoms with Crippen LogP contribution in [0, 0.1) is 5.92 Å². The lowest BCUT2D eigenvalue weighted by Gasteiger charge is -2.30. The fourth-order valence-corrected chi connectivity index (χ4v) is 4.35. The number of piperidine rings is 1. The van der Waals surface area contributed by atoms with Gasteiger partial charge in [-0.25, -0.2) is 4.98 Å². The SMILES string of the molecule is O=C(N[C@H]1C[C@H]2CCN(C2)C1)c1ncc(-c2ccccc2)s1. The van der Waals surface area contributed by atoms with E-state index in [-0.39, 0.29) is 11.9 Å². The highest BCUT2D eigenvalue weighted by Crippen LogP contribution is 2.28. The van der Waals surface area contributed by atoms with Crippen LogP contribution in [0.15, 0.2) is 36.5 Å². The maximum Gasteiger partial charge on any atom is 0.280 e. The van der Waals surface area contributed by atoms with Crippen molar-refractivity contribution >= 4 is 17.2 Å². The van der Waals surface area contributed by atoms with Crippen LogP contribution in [0.2, 0.25) is 0 Å². The molecule has 1 unspecified atom stereocenters. The Kier molecular flexibility index (Phi) is 3.68. The number of hydrogen-bond acceptors (Lipinski definition) is 4. The van der Waals surface area contributed by atoms with Crippen molar-refractivity contribution in [2.45, 2.75) is 18.9 Å². The predicted octanol–water partition coefficient (Wildman–Crippen LogP) is 2.63. The number of thiazole rings is 1. The summed E-state index contributed by atoms with van der Waals surface area (Å²) in [6, 6.07) is 10.4. The molecule has 0 radical (unpaired) electrons. The first kappa shape index (κ1) is 13.9. The van der Waals surface area contributed by atoms with E-state index in [1.54, 1.807) is 6.20 Å². The minimum absolute atomic E-state index is 0.0281. The Morgan fingerprint density at radius 1 is 1.27 bits per heavy atom. The van der Waals surface area contributed by atoms with E-state index >= 15 is 0 Å². The number of benzene rings is 1. The topological polar surface area (TPSA) is 45.2 Å². The molecule has 2 bridgehead atoms. The van der Waals surface area contributed by atoms with Crippen molar-refractivity contribution in [3.63, 3.8) is 0 Å². The molecule has 2 fully saturated rings. The fraction of sp³-hybridized carbons (Fsp3) is 0.412. The molecular formula is C17H19N3OS. The van der Waals surface area contributed by atoms with Crippen molar-refractivity contribution in [2.24, 2.45) is 5.92 Å². The lowest BCUT2D eigenvalue weighted by Crippen LogP contribution is -2.46. The Morgan fingerprint density at radius 2 is 2.14 bits per heavy atom. The Bertz CT molecular complexity index is 658. The summed E-state index contributed by atoms with van der Waals surface area (Å²) in [5.41, 5.74) is 1.11. The molecule has 0 spiro atoms. The minimum atomic E-state index is -0.0281. The van der Waals surface area contributed by atoms with Crippen molar-refractivity contribution < 1.29 is 4.79 Å². The number of amides is 1. The lowest BCUT2D eigenvalue weighted by molar-refractivity contribution is 0.0909. The molecule has 4 rings (SSSR count). The van der Waals surface area contributed by atoms with Gasteiger partial charge in [-0.2, -0.15) is 0 Å². The highest BCUT2D eigenvalue weighted by Gasteiger charge is 2.33. The van der Waals surface area contributed by atoms with Crippen LogP contribution in [0.5, 0.6) is 0 Å². The average Bonchev–Trinajstić information content (AvgIpc) is 3.15. The molecular weight excluding hydrogens is 294 g/mol. The first-order valence-corrected chi connectivity index (χ1v) is 8.64. The Balaban J connectivity index is 1.44. The number of aromatic nitrogens is 1. The maximum absolute atomic E-state index is 12.4. The first-order valence-electron chi connectivity index (χ1n) is 7.82. The third-order valence-corrected chi connectivity index (χ3v) is 5.61. The second-order valence-corrected chi connectivity index (χ2v) is 7.25. The molecule has 22 heavy (non-hydrogen) atoms. The van der Waals surface area contributed by atoms with Gasteiger partial charge < -0.3 is 10.2 Å². The largest absolute Gasteiger partial charge is 0.346 e. The van der Waals surface area contributed by atoms with Gasteiger partial charge in [-0.05, 0) is 30.9 Å². The van der Waals surface area contributed by atoms with Crippen molar-refractivity contribution in [1.29, 1.82) is 0 Å². The third kappa shape index (κ3) is 2.78. The molecule has 5 heteroatoms. The lowest BCUT2D eigenvalue weighted by atomic mass is 9.97. The second kappa shape index (κ2) is 5.82. The maximum atomic E-state index is 12.4. The summed E-state index contributed by atoms with van der Waals surface area (Å²) >= 11 is 1.46. The van der Waals surface area contributed by atoms with Crippen LogP contribution in [0.3, 0.4) is 0 Å². The molecule has 114 valence electrons. The highest BCUT2D eigenvalue weighted by atomic mass is 32.1. The van der Waals surface area contributed by atoms with E-state index in [9.17, 15) is 4.79 Å². The minimum Gasteiger partial charge on any atom is -0.346 e. The highest BCUT2D eigenvalue weighted by molar-refractivity contribution is 7.16. The summed E-state index contributed by atoms with van der Waals surface area (Å²) < 4.78 is 0. The standard InChI is InChI=1S/C17H19N3OS/c21-16(19-14-8-12-6-7-20(10-12)11-14)17-18-9-15(22-17)13-4-2-1-3-5-13/h1-5,9,12,14H,6-8,10-11H2,(H,19,21)/t12-,14+/m1/s1. The molecule has 4 nitrogen and oxygen atoms in total. The summed E-state index contributed by atoms with van der Waals surface area (Å²) in [5.74, 6) is 0.731. The molecule has 1 amide bonds. The van der Waals surface area contributed by atoms with Crippen molar-refractivity contribution in [2.75, 3.05) is 19.6 Å². The number of rotatable bonds is 3. The van der Waals surface area contributed by atoms with Crippen molar-refractivity contribution in [3.8, 4) is 10.4 Å². The summed E-state index contributed by atoms with van der Waals surface area (Å²) in [6.07, 6.45) is 4.18. The molecule has 2 aliphatic rings. The quantitative estimate of drug-likeness (QED) is 0.947. The van der Waals surface area contributed by atoms with Crippen LogP contribution in [0.1, 0.15) is 22.6 Å². The van der Waals surface area contributed by atoms with Crippen LogP contribution in [0.25, 0.3) is 10.4 Å². The zero-order valence-electron chi connectivity index (χ0n) is 12.4. The van der Waals surface area contributed by atoms with Gasteiger partial charge in [-0.15, -0.1) is 11.3 Å². The van der Waals surface area contributed by atoms with E-state index < -0.39 is 0 Å². The normalized spacial score (nSPS) is 26.8. The molecule has 1 aromatic heterocycles. The van der Waals surface area contributed by atoms with Gasteiger partial charge >= 0.3 is 0 Å². The van der Waals surface area contributed by atoms with Crippen LogP contribution in [-0.2, 0) is 0 Å². The van der Waals surface area contributed by atoms with E-state index in [0.717, 1.165) is 29.3 Å². The predicted molar refractivity (Wildman–Crippen MR) is 88.0 cm³/mol. The van der Waals surface area contributed by atoms with Crippen LogP contribution >= 0.6 is 11.3 Å². The Labute approximate surface area is 134 Å². The number of fused-ring (bicyclic) bond motifs is 2. The fourth-order valence-electron chi connectivity index (χ4n) is 3.53. The zero-order valence-corrected chi connectivity index (χ0v) is 13.2. The van der Waals surface area contributed by atoms with E-state index in [1.165, 1.54) is 30.8 Å². The molecule has 0 aliphatic carbocycles. The average molecular weight is 313 g/mol. The molecule has 3 heterocycles. The molecule has 3 atom stereocenters. The van der Waals surface area contributed by atoms with Crippen LogP contribution in [0.4, 0.5) is 0 Å². The summed E-state index contributed by atoms with van der Waals surface area (Å²) in [5, 5.41) is 3.73. The van der Waals surface area contributed by atoms with Gasteiger partial charge in [0.15, 0.2) is 5.01 Å². The molecule has 2 aliphatic heterocycles. The zero-order chi connectivity index (χ0) is 14.9. The van der Waals surface area contributed by atoms with Gasteiger partial charge in [0, 0.05) is 25.3 Å². The molecule has 0 saturated carbocycles. The number of hydrogen-bond donors (Lipinski definition) is 1. The first-order chi connectivity index (χ1) is 10.8. The second-order valence-electron chi connectivity index (χ2n) is 6.22. The monoisotopic (exact) mass is 313 g/mol. The van der Waals surface area contributed by atoms with Gasteiger partial charge in [0.05, 0.1) is 4.88 Å². The van der Waals surface area contributed by atoms with Gasteiger partial charge in [-0.3, -0.25) is 4.79 Å². The number of nitrogens with one attached hydrogen (secondary N) is 1. The van der Waals surface area contributed by atoms with E-state index in [1.807, 2.05) is 30.3 Å². The van der Waals surface area contributed by atoms with Gasteiger partial charge in [0.1, 0.15) is 0 Å². The van der Waals surface area contributed by atoms with Crippen molar-refractivity contribution in [1.82, 2.24) is 15.2 Å².